The molecule has 132 valence electrons. The summed E-state index contributed by atoms with van der Waals surface area (Å²) in [6.07, 6.45) is -4.29. The molecular formula is C14H5F7N2O2. The van der Waals surface area contributed by atoms with Crippen LogP contribution < -0.4 is 15.8 Å². The van der Waals surface area contributed by atoms with E-state index in [0.717, 1.165) is 0 Å². The van der Waals surface area contributed by atoms with E-state index >= 15 is 0 Å². The van der Waals surface area contributed by atoms with Gasteiger partial charge in [0.1, 0.15) is 11.5 Å². The Hall–Kier alpha value is -2.98. The van der Waals surface area contributed by atoms with Crippen LogP contribution in [0.4, 0.5) is 42.1 Å². The number of carbonyl (C=O) groups excluding carboxylic acids is 1. The summed E-state index contributed by atoms with van der Waals surface area (Å²) < 4.78 is 99.2. The van der Waals surface area contributed by atoms with Crippen molar-refractivity contribution >= 4 is 17.3 Å². The van der Waals surface area contributed by atoms with Crippen molar-refractivity contribution in [1.82, 2.24) is 0 Å². The summed E-state index contributed by atoms with van der Waals surface area (Å²) in [4.78, 5) is 11.1. The monoisotopic (exact) mass is 366 g/mol. The van der Waals surface area contributed by atoms with Crippen molar-refractivity contribution in [3.05, 3.63) is 41.2 Å². The Labute approximate surface area is 134 Å². The average molecular weight is 366 g/mol. The molecule has 0 aromatic heterocycles. The molecule has 0 saturated carbocycles. The minimum absolute atomic E-state index is 0.281. The number of nitrogen functional groups attached to an aromatic ring is 1. The van der Waals surface area contributed by atoms with E-state index in [1.165, 1.54) is 0 Å². The second kappa shape index (κ2) is 5.26. The predicted molar refractivity (Wildman–Crippen MR) is 70.3 cm³/mol. The first-order valence-electron chi connectivity index (χ1n) is 6.38. The number of fused-ring (bicyclic) bond motifs is 1. The van der Waals surface area contributed by atoms with Gasteiger partial charge in [0.25, 0.3) is 0 Å². The molecular weight excluding hydrogens is 361 g/mol. The highest BCUT2D eigenvalue weighted by molar-refractivity contribution is 5.99. The van der Waals surface area contributed by atoms with Crippen molar-refractivity contribution in [3.63, 3.8) is 0 Å². The lowest BCUT2D eigenvalue weighted by molar-refractivity contribution is -0.189. The molecule has 0 spiro atoms. The van der Waals surface area contributed by atoms with Crippen molar-refractivity contribution < 1.29 is 40.3 Å². The van der Waals surface area contributed by atoms with E-state index in [-0.39, 0.29) is 6.07 Å². The lowest BCUT2D eigenvalue weighted by atomic mass is 10.0. The summed E-state index contributed by atoms with van der Waals surface area (Å²) >= 11 is 0. The topological polar surface area (TPSA) is 64.3 Å². The zero-order valence-electron chi connectivity index (χ0n) is 11.7. The Bertz CT molecular complexity index is 901. The summed E-state index contributed by atoms with van der Waals surface area (Å²) in [5, 5.41) is 1.63. The first-order valence-corrected chi connectivity index (χ1v) is 6.38. The quantitative estimate of drug-likeness (QED) is 0.461. The average Bonchev–Trinajstić information content (AvgIpc) is 2.53. The van der Waals surface area contributed by atoms with Crippen molar-refractivity contribution in [2.24, 2.45) is 0 Å². The van der Waals surface area contributed by atoms with Gasteiger partial charge in [0.05, 0.1) is 11.3 Å². The first-order chi connectivity index (χ1) is 11.5. The van der Waals surface area contributed by atoms with Crippen LogP contribution in [-0.2, 0) is 4.79 Å². The molecule has 0 fully saturated rings. The standard InChI is InChI=1S/C14H5F7N2O2/c15-4-2-6-5(23-13(24)14(20,21)25-6)1-3(4)7-8(16)10(18)12(22)11(19)9(7)17/h1-2H,22H2,(H,23,24). The lowest BCUT2D eigenvalue weighted by Crippen LogP contribution is -2.43. The molecule has 0 radical (unpaired) electrons. The molecule has 2 aromatic rings. The lowest BCUT2D eigenvalue weighted by Gasteiger charge is -2.25. The summed E-state index contributed by atoms with van der Waals surface area (Å²) in [7, 11) is 0. The molecule has 0 unspecified atom stereocenters. The highest BCUT2D eigenvalue weighted by Gasteiger charge is 2.46. The molecule has 25 heavy (non-hydrogen) atoms. The smallest absolute Gasteiger partial charge is 0.423 e. The number of ether oxygens (including phenoxy) is 1. The zero-order valence-corrected chi connectivity index (χ0v) is 11.7. The molecule has 0 aliphatic carbocycles. The van der Waals surface area contributed by atoms with Crippen molar-refractivity contribution in [2.45, 2.75) is 6.11 Å². The van der Waals surface area contributed by atoms with E-state index in [9.17, 15) is 35.5 Å². The molecule has 11 heteroatoms. The molecule has 2 aromatic carbocycles. The number of carbonyl (C=O) groups is 1. The van der Waals surface area contributed by atoms with Gasteiger partial charge in [-0.2, -0.15) is 8.78 Å². The fourth-order valence-electron chi connectivity index (χ4n) is 2.19. The highest BCUT2D eigenvalue weighted by atomic mass is 19.3. The third kappa shape index (κ3) is 2.42. The number of hydrogen-bond acceptors (Lipinski definition) is 3. The Morgan fingerprint density at radius 2 is 1.52 bits per heavy atom. The zero-order chi connectivity index (χ0) is 18.7. The third-order valence-corrected chi connectivity index (χ3v) is 3.39. The fourth-order valence-corrected chi connectivity index (χ4v) is 2.19. The van der Waals surface area contributed by atoms with Crippen LogP contribution in [0.3, 0.4) is 0 Å². The van der Waals surface area contributed by atoms with Gasteiger partial charge in [0.15, 0.2) is 29.0 Å². The van der Waals surface area contributed by atoms with E-state index in [1.807, 2.05) is 0 Å². The van der Waals surface area contributed by atoms with Gasteiger partial charge in [-0.05, 0) is 6.07 Å². The van der Waals surface area contributed by atoms with E-state index in [0.29, 0.717) is 6.07 Å². The Morgan fingerprint density at radius 1 is 0.960 bits per heavy atom. The maximum absolute atomic E-state index is 14.1. The fraction of sp³-hybridized carbons (Fsp3) is 0.0714. The maximum atomic E-state index is 14.1. The molecule has 0 atom stereocenters. The molecule has 4 nitrogen and oxygen atoms in total. The van der Waals surface area contributed by atoms with Gasteiger partial charge >= 0.3 is 12.0 Å². The third-order valence-electron chi connectivity index (χ3n) is 3.39. The number of halogens is 7. The van der Waals surface area contributed by atoms with Gasteiger partial charge in [0.2, 0.25) is 0 Å². The second-order valence-corrected chi connectivity index (χ2v) is 4.95. The Morgan fingerprint density at radius 3 is 2.08 bits per heavy atom. The number of hydrogen-bond donors (Lipinski definition) is 2. The minimum Gasteiger partial charge on any atom is -0.423 e. The van der Waals surface area contributed by atoms with Gasteiger partial charge in [-0.25, -0.2) is 22.0 Å². The molecule has 3 rings (SSSR count). The highest BCUT2D eigenvalue weighted by Crippen LogP contribution is 2.42. The Balaban J connectivity index is 2.25. The summed E-state index contributed by atoms with van der Waals surface area (Å²) in [5.41, 5.74) is 0.310. The van der Waals surface area contributed by atoms with Crippen LogP contribution in [0.2, 0.25) is 0 Å². The van der Waals surface area contributed by atoms with Gasteiger partial charge in [-0.15, -0.1) is 0 Å². The molecule has 1 aliphatic heterocycles. The number of anilines is 2. The number of nitrogens with one attached hydrogen (secondary N) is 1. The molecule has 3 N–H and O–H groups in total. The van der Waals surface area contributed by atoms with Crippen LogP contribution in [0, 0.1) is 29.1 Å². The van der Waals surface area contributed by atoms with Crippen LogP contribution in [0.5, 0.6) is 5.75 Å². The van der Waals surface area contributed by atoms with E-state index in [4.69, 9.17) is 5.73 Å². The van der Waals surface area contributed by atoms with Crippen LogP contribution in [0.1, 0.15) is 0 Å². The van der Waals surface area contributed by atoms with Crippen LogP contribution in [-0.4, -0.2) is 12.0 Å². The molecule has 1 amide bonds. The molecule has 0 bridgehead atoms. The van der Waals surface area contributed by atoms with Crippen molar-refractivity contribution in [1.29, 1.82) is 0 Å². The van der Waals surface area contributed by atoms with Crippen molar-refractivity contribution in [3.8, 4) is 16.9 Å². The number of rotatable bonds is 1. The molecule has 1 heterocycles. The van der Waals surface area contributed by atoms with Crippen molar-refractivity contribution in [2.75, 3.05) is 11.1 Å². The first kappa shape index (κ1) is 16.9. The normalized spacial score (nSPS) is 15.4. The van der Waals surface area contributed by atoms with Gasteiger partial charge in [-0.3, -0.25) is 4.79 Å². The largest absolute Gasteiger partial charge is 0.482 e. The van der Waals surface area contributed by atoms with E-state index < -0.39 is 69.4 Å². The van der Waals surface area contributed by atoms with Crippen LogP contribution in [0.15, 0.2) is 12.1 Å². The number of benzene rings is 2. The van der Waals surface area contributed by atoms with Gasteiger partial charge in [-0.1, -0.05) is 0 Å². The maximum Gasteiger partial charge on any atom is 0.482 e. The van der Waals surface area contributed by atoms with Gasteiger partial charge < -0.3 is 15.8 Å². The summed E-state index contributed by atoms with van der Waals surface area (Å²) in [6, 6.07) is 0.775. The number of amides is 1. The number of nitrogens with two attached hydrogens (primary N) is 1. The second-order valence-electron chi connectivity index (χ2n) is 4.95. The van der Waals surface area contributed by atoms with Crippen LogP contribution in [0.25, 0.3) is 11.1 Å². The van der Waals surface area contributed by atoms with E-state index in [1.54, 1.807) is 5.32 Å². The van der Waals surface area contributed by atoms with Gasteiger partial charge in [0, 0.05) is 11.6 Å². The SMILES string of the molecule is Nc1c(F)c(F)c(-c2cc3c(cc2F)OC(F)(F)C(=O)N3)c(F)c1F. The Kier molecular flexibility index (Phi) is 3.55. The molecule has 1 aliphatic rings. The number of alkyl halides is 2. The van der Waals surface area contributed by atoms with E-state index in [2.05, 4.69) is 4.74 Å². The summed E-state index contributed by atoms with van der Waals surface area (Å²) in [5.74, 6) is -12.2. The predicted octanol–water partition coefficient (Wildman–Crippen LogP) is 3.55. The van der Waals surface area contributed by atoms with Crippen LogP contribution >= 0.6 is 0 Å². The minimum atomic E-state index is -4.29. The molecule has 0 saturated heterocycles. The summed E-state index contributed by atoms with van der Waals surface area (Å²) in [6.45, 7) is 0.